The van der Waals surface area contributed by atoms with Gasteiger partial charge in [0.25, 0.3) is 0 Å². The van der Waals surface area contributed by atoms with Crippen molar-refractivity contribution < 1.29 is 9.53 Å². The Morgan fingerprint density at radius 1 is 0.786 bits per heavy atom. The van der Waals surface area contributed by atoms with Crippen molar-refractivity contribution in [3.63, 3.8) is 0 Å². The molecule has 0 aliphatic heterocycles. The SMILES string of the molecule is CCOC(=O)c1ccc(C#Cc2ccc(/C=C/c3ccc(C)cc3)cc2)cc1. The second kappa shape index (κ2) is 9.39. The van der Waals surface area contributed by atoms with Gasteiger partial charge >= 0.3 is 5.97 Å². The third kappa shape index (κ3) is 5.46. The van der Waals surface area contributed by atoms with E-state index < -0.39 is 0 Å². The van der Waals surface area contributed by atoms with Crippen molar-refractivity contribution in [2.75, 3.05) is 6.61 Å². The van der Waals surface area contributed by atoms with Gasteiger partial charge in [0, 0.05) is 11.1 Å². The molecule has 0 amide bonds. The lowest BCUT2D eigenvalue weighted by atomic mass is 10.1. The van der Waals surface area contributed by atoms with Gasteiger partial charge in [-0.05, 0) is 61.4 Å². The van der Waals surface area contributed by atoms with Crippen LogP contribution in [0.3, 0.4) is 0 Å². The fourth-order valence-corrected chi connectivity index (χ4v) is 2.60. The smallest absolute Gasteiger partial charge is 0.338 e. The van der Waals surface area contributed by atoms with Gasteiger partial charge in [0.2, 0.25) is 0 Å². The van der Waals surface area contributed by atoms with Gasteiger partial charge in [0.05, 0.1) is 12.2 Å². The number of carbonyl (C=O) groups excluding carboxylic acids is 1. The summed E-state index contributed by atoms with van der Waals surface area (Å²) in [6.07, 6.45) is 4.20. The Kier molecular flexibility index (Phi) is 6.44. The van der Waals surface area contributed by atoms with Crippen LogP contribution in [0.5, 0.6) is 0 Å². The van der Waals surface area contributed by atoms with Gasteiger partial charge in [-0.2, -0.15) is 0 Å². The van der Waals surface area contributed by atoms with Crippen LogP contribution in [0, 0.1) is 18.8 Å². The van der Waals surface area contributed by atoms with Crippen LogP contribution in [0.25, 0.3) is 12.2 Å². The van der Waals surface area contributed by atoms with Gasteiger partial charge in [-0.3, -0.25) is 0 Å². The lowest BCUT2D eigenvalue weighted by Crippen LogP contribution is -2.04. The molecule has 0 radical (unpaired) electrons. The number of rotatable bonds is 4. The number of benzene rings is 3. The molecule has 28 heavy (non-hydrogen) atoms. The molecule has 0 aliphatic rings. The van der Waals surface area contributed by atoms with Crippen molar-refractivity contribution in [1.29, 1.82) is 0 Å². The Morgan fingerprint density at radius 3 is 1.75 bits per heavy atom. The number of hydrogen-bond acceptors (Lipinski definition) is 2. The van der Waals surface area contributed by atoms with Crippen molar-refractivity contribution >= 4 is 18.1 Å². The van der Waals surface area contributed by atoms with Crippen molar-refractivity contribution in [3.8, 4) is 11.8 Å². The lowest BCUT2D eigenvalue weighted by Gasteiger charge is -2.00. The number of esters is 1. The maximum Gasteiger partial charge on any atom is 0.338 e. The molecule has 0 aliphatic carbocycles. The van der Waals surface area contributed by atoms with E-state index in [0.29, 0.717) is 12.2 Å². The highest BCUT2D eigenvalue weighted by Gasteiger charge is 2.04. The first-order valence-electron chi connectivity index (χ1n) is 9.28. The first kappa shape index (κ1) is 19.2. The van der Waals surface area contributed by atoms with E-state index in [1.807, 2.05) is 24.3 Å². The molecule has 0 saturated carbocycles. The molecule has 0 atom stereocenters. The van der Waals surface area contributed by atoms with Crippen molar-refractivity contribution in [1.82, 2.24) is 0 Å². The largest absolute Gasteiger partial charge is 0.462 e. The van der Waals surface area contributed by atoms with E-state index in [9.17, 15) is 4.79 Å². The van der Waals surface area contributed by atoms with Crippen LogP contribution in [-0.2, 0) is 4.74 Å². The zero-order valence-corrected chi connectivity index (χ0v) is 16.1. The molecule has 2 nitrogen and oxygen atoms in total. The molecule has 3 rings (SSSR count). The molecule has 0 heterocycles. The van der Waals surface area contributed by atoms with Crippen LogP contribution in [0.15, 0.2) is 72.8 Å². The second-order valence-electron chi connectivity index (χ2n) is 6.41. The van der Waals surface area contributed by atoms with Gasteiger partial charge in [-0.25, -0.2) is 4.79 Å². The third-order valence-corrected chi connectivity index (χ3v) is 4.20. The zero-order valence-electron chi connectivity index (χ0n) is 16.1. The summed E-state index contributed by atoms with van der Waals surface area (Å²) < 4.78 is 4.98. The Bertz CT molecular complexity index is 1010. The fraction of sp³-hybridized carbons (Fsp3) is 0.115. The van der Waals surface area contributed by atoms with E-state index in [0.717, 1.165) is 16.7 Å². The molecular formula is C26H22O2. The van der Waals surface area contributed by atoms with Crippen LogP contribution >= 0.6 is 0 Å². The Labute approximate surface area is 166 Å². The number of carbonyl (C=O) groups is 1. The predicted molar refractivity (Wildman–Crippen MR) is 115 cm³/mol. The molecule has 0 fully saturated rings. The summed E-state index contributed by atoms with van der Waals surface area (Å²) >= 11 is 0. The fourth-order valence-electron chi connectivity index (χ4n) is 2.60. The lowest BCUT2D eigenvalue weighted by molar-refractivity contribution is 0.0526. The predicted octanol–water partition coefficient (Wildman–Crippen LogP) is 5.74. The normalized spacial score (nSPS) is 10.4. The van der Waals surface area contributed by atoms with E-state index in [1.165, 1.54) is 11.1 Å². The maximum atomic E-state index is 11.7. The highest BCUT2D eigenvalue weighted by Crippen LogP contribution is 2.11. The minimum Gasteiger partial charge on any atom is -0.462 e. The average Bonchev–Trinajstić information content (AvgIpc) is 2.73. The van der Waals surface area contributed by atoms with E-state index >= 15 is 0 Å². The van der Waals surface area contributed by atoms with Gasteiger partial charge in [0.1, 0.15) is 0 Å². The summed E-state index contributed by atoms with van der Waals surface area (Å²) in [5, 5.41) is 0. The van der Waals surface area contributed by atoms with E-state index in [-0.39, 0.29) is 5.97 Å². The first-order chi connectivity index (χ1) is 13.6. The van der Waals surface area contributed by atoms with Crippen molar-refractivity contribution in [2.24, 2.45) is 0 Å². The summed E-state index contributed by atoms with van der Waals surface area (Å²) in [6, 6.07) is 23.7. The topological polar surface area (TPSA) is 26.3 Å². The summed E-state index contributed by atoms with van der Waals surface area (Å²) in [5.74, 6) is 5.96. The van der Waals surface area contributed by atoms with Crippen LogP contribution < -0.4 is 0 Å². The van der Waals surface area contributed by atoms with Crippen LogP contribution in [0.2, 0.25) is 0 Å². The number of ether oxygens (including phenoxy) is 1. The molecule has 0 N–H and O–H groups in total. The quantitative estimate of drug-likeness (QED) is 0.334. The Balaban J connectivity index is 1.64. The third-order valence-electron chi connectivity index (χ3n) is 4.20. The molecule has 2 heteroatoms. The van der Waals surface area contributed by atoms with Crippen LogP contribution in [-0.4, -0.2) is 12.6 Å². The molecule has 0 spiro atoms. The first-order valence-corrected chi connectivity index (χ1v) is 9.28. The minimum atomic E-state index is -0.309. The zero-order chi connectivity index (χ0) is 19.8. The van der Waals surface area contributed by atoms with Gasteiger partial charge in [0.15, 0.2) is 0 Å². The summed E-state index contributed by atoms with van der Waals surface area (Å²) in [4.78, 5) is 11.7. The van der Waals surface area contributed by atoms with Gasteiger partial charge < -0.3 is 4.74 Å². The molecule has 0 unspecified atom stereocenters. The van der Waals surface area contributed by atoms with E-state index in [1.54, 1.807) is 19.1 Å². The monoisotopic (exact) mass is 366 g/mol. The highest BCUT2D eigenvalue weighted by molar-refractivity contribution is 5.89. The number of hydrogen-bond donors (Lipinski definition) is 0. The standard InChI is InChI=1S/C26H22O2/c1-3-28-26(27)25-18-16-24(17-19-25)15-14-23-12-10-22(11-13-23)9-8-21-6-4-20(2)5-7-21/h4-13,16-19H,3H2,1-2H3/b9-8+. The summed E-state index contributed by atoms with van der Waals surface area (Å²) in [6.45, 7) is 4.25. The second-order valence-corrected chi connectivity index (χ2v) is 6.41. The molecule has 0 aromatic heterocycles. The van der Waals surface area contributed by atoms with Gasteiger partial charge in [-0.1, -0.05) is 66.0 Å². The molecular weight excluding hydrogens is 344 g/mol. The molecule has 3 aromatic rings. The number of aryl methyl sites for hydroxylation is 1. The van der Waals surface area contributed by atoms with Crippen molar-refractivity contribution in [2.45, 2.75) is 13.8 Å². The van der Waals surface area contributed by atoms with E-state index in [4.69, 9.17) is 4.74 Å². The van der Waals surface area contributed by atoms with Crippen LogP contribution in [0.4, 0.5) is 0 Å². The van der Waals surface area contributed by atoms with Crippen LogP contribution in [0.1, 0.15) is 45.1 Å². The molecule has 0 saturated heterocycles. The Hall–Kier alpha value is -3.57. The molecule has 138 valence electrons. The van der Waals surface area contributed by atoms with Gasteiger partial charge in [-0.15, -0.1) is 0 Å². The average molecular weight is 366 g/mol. The highest BCUT2D eigenvalue weighted by atomic mass is 16.5. The maximum absolute atomic E-state index is 11.7. The molecule has 0 bridgehead atoms. The van der Waals surface area contributed by atoms with Crippen molar-refractivity contribution in [3.05, 3.63) is 106 Å². The summed E-state index contributed by atoms with van der Waals surface area (Å²) in [7, 11) is 0. The minimum absolute atomic E-state index is 0.309. The molecule has 3 aromatic carbocycles. The summed E-state index contributed by atoms with van der Waals surface area (Å²) in [5.41, 5.74) is 5.91. The van der Waals surface area contributed by atoms with E-state index in [2.05, 4.69) is 67.3 Å². The Morgan fingerprint density at radius 2 is 1.25 bits per heavy atom.